The largest absolute Gasteiger partial charge is 0.323 e. The van der Waals surface area contributed by atoms with E-state index >= 15 is 0 Å². The Bertz CT molecular complexity index is 503. The molecule has 1 heterocycles. The van der Waals surface area contributed by atoms with Gasteiger partial charge in [0.05, 0.1) is 5.69 Å². The zero-order valence-corrected chi connectivity index (χ0v) is 11.5. The van der Waals surface area contributed by atoms with E-state index in [4.69, 9.17) is 17.3 Å². The molecule has 2 N–H and O–H groups in total. The van der Waals surface area contributed by atoms with Crippen molar-refractivity contribution in [3.63, 3.8) is 0 Å². The number of halogens is 1. The van der Waals surface area contributed by atoms with Crippen molar-refractivity contribution >= 4 is 22.9 Å². The van der Waals surface area contributed by atoms with Gasteiger partial charge in [0.25, 0.3) is 0 Å². The van der Waals surface area contributed by atoms with Crippen molar-refractivity contribution in [3.8, 4) is 10.6 Å². The van der Waals surface area contributed by atoms with Gasteiger partial charge >= 0.3 is 0 Å². The SMILES string of the molecule is CCc1nc(-c2ccc(Cl)cc2)sc1C(C)N. The molecule has 1 aromatic carbocycles. The Kier molecular flexibility index (Phi) is 3.82. The normalized spacial score (nSPS) is 12.7. The molecule has 4 heteroatoms. The van der Waals surface area contributed by atoms with E-state index in [-0.39, 0.29) is 6.04 Å². The molecular formula is C13H15ClN2S. The maximum atomic E-state index is 5.95. The van der Waals surface area contributed by atoms with Gasteiger partial charge in [0.2, 0.25) is 0 Å². The first-order valence-corrected chi connectivity index (χ1v) is 6.82. The molecule has 0 saturated heterocycles. The van der Waals surface area contributed by atoms with Crippen molar-refractivity contribution in [3.05, 3.63) is 39.9 Å². The van der Waals surface area contributed by atoms with Crippen LogP contribution in [0.25, 0.3) is 10.6 Å². The number of aryl methyl sites for hydroxylation is 1. The van der Waals surface area contributed by atoms with Gasteiger partial charge in [0.1, 0.15) is 5.01 Å². The summed E-state index contributed by atoms with van der Waals surface area (Å²) in [6.45, 7) is 4.10. The van der Waals surface area contributed by atoms with Crippen LogP contribution in [0.1, 0.15) is 30.5 Å². The maximum absolute atomic E-state index is 5.95. The zero-order valence-electron chi connectivity index (χ0n) is 9.90. The summed E-state index contributed by atoms with van der Waals surface area (Å²) >= 11 is 7.55. The second-order valence-electron chi connectivity index (χ2n) is 3.98. The first-order chi connectivity index (χ1) is 8.11. The third-order valence-electron chi connectivity index (χ3n) is 2.57. The highest BCUT2D eigenvalue weighted by Gasteiger charge is 2.13. The molecule has 1 unspecified atom stereocenters. The van der Waals surface area contributed by atoms with Crippen molar-refractivity contribution in [2.75, 3.05) is 0 Å². The lowest BCUT2D eigenvalue weighted by atomic mass is 10.2. The van der Waals surface area contributed by atoms with Crippen LogP contribution in [0.15, 0.2) is 24.3 Å². The van der Waals surface area contributed by atoms with E-state index in [2.05, 4.69) is 11.9 Å². The fourth-order valence-corrected chi connectivity index (χ4v) is 2.93. The molecule has 90 valence electrons. The Morgan fingerprint density at radius 3 is 2.47 bits per heavy atom. The van der Waals surface area contributed by atoms with Crippen molar-refractivity contribution in [1.29, 1.82) is 0 Å². The second kappa shape index (κ2) is 5.17. The zero-order chi connectivity index (χ0) is 12.4. The molecule has 2 rings (SSSR count). The monoisotopic (exact) mass is 266 g/mol. The van der Waals surface area contributed by atoms with E-state index in [1.165, 1.54) is 4.88 Å². The summed E-state index contributed by atoms with van der Waals surface area (Å²) in [7, 11) is 0. The smallest absolute Gasteiger partial charge is 0.123 e. The lowest BCUT2D eigenvalue weighted by Crippen LogP contribution is -2.05. The third kappa shape index (κ3) is 2.68. The average Bonchev–Trinajstić information content (AvgIpc) is 2.74. The first kappa shape index (κ1) is 12.6. The van der Waals surface area contributed by atoms with Crippen molar-refractivity contribution in [2.45, 2.75) is 26.3 Å². The molecule has 1 aromatic heterocycles. The highest BCUT2D eigenvalue weighted by molar-refractivity contribution is 7.15. The van der Waals surface area contributed by atoms with E-state index in [9.17, 15) is 0 Å². The van der Waals surface area contributed by atoms with Crippen molar-refractivity contribution < 1.29 is 0 Å². The number of nitrogens with two attached hydrogens (primary N) is 1. The molecule has 1 atom stereocenters. The molecule has 17 heavy (non-hydrogen) atoms. The summed E-state index contributed by atoms with van der Waals surface area (Å²) in [4.78, 5) is 5.82. The van der Waals surface area contributed by atoms with Gasteiger partial charge in [-0.1, -0.05) is 30.7 Å². The highest BCUT2D eigenvalue weighted by Crippen LogP contribution is 2.32. The summed E-state index contributed by atoms with van der Waals surface area (Å²) < 4.78 is 0. The Morgan fingerprint density at radius 1 is 1.35 bits per heavy atom. The fourth-order valence-electron chi connectivity index (χ4n) is 1.69. The summed E-state index contributed by atoms with van der Waals surface area (Å²) in [5.74, 6) is 0. The van der Waals surface area contributed by atoms with E-state index in [1.54, 1.807) is 11.3 Å². The Balaban J connectivity index is 2.42. The van der Waals surface area contributed by atoms with E-state index in [0.717, 1.165) is 27.7 Å². The standard InChI is InChI=1S/C13H15ClN2S/c1-3-11-12(8(2)15)17-13(16-11)9-4-6-10(14)7-5-9/h4-8H,3,15H2,1-2H3. The minimum absolute atomic E-state index is 0.0449. The van der Waals surface area contributed by atoms with E-state index in [0.29, 0.717) is 0 Å². The van der Waals surface area contributed by atoms with Gasteiger partial charge in [-0.2, -0.15) is 0 Å². The summed E-state index contributed by atoms with van der Waals surface area (Å²) in [6.07, 6.45) is 0.918. The molecule has 0 spiro atoms. The van der Waals surface area contributed by atoms with Gasteiger partial charge in [-0.05, 0) is 25.5 Å². The van der Waals surface area contributed by atoms with Gasteiger partial charge in [-0.25, -0.2) is 4.98 Å². The van der Waals surface area contributed by atoms with Crippen LogP contribution < -0.4 is 5.73 Å². The van der Waals surface area contributed by atoms with Crippen molar-refractivity contribution in [2.24, 2.45) is 5.73 Å². The van der Waals surface area contributed by atoms with Crippen LogP contribution in [0.2, 0.25) is 5.02 Å². The Hall–Kier alpha value is -0.900. The van der Waals surface area contributed by atoms with Crippen LogP contribution >= 0.6 is 22.9 Å². The average molecular weight is 267 g/mol. The molecule has 0 aliphatic heterocycles. The second-order valence-corrected chi connectivity index (χ2v) is 5.45. The molecule has 2 nitrogen and oxygen atoms in total. The topological polar surface area (TPSA) is 38.9 Å². The number of nitrogens with zero attached hydrogens (tertiary/aromatic N) is 1. The molecule has 0 bridgehead atoms. The van der Waals surface area contributed by atoms with Crippen LogP contribution in [0.5, 0.6) is 0 Å². The molecule has 0 aliphatic carbocycles. The van der Waals surface area contributed by atoms with Gasteiger partial charge in [0.15, 0.2) is 0 Å². The number of rotatable bonds is 3. The maximum Gasteiger partial charge on any atom is 0.123 e. The van der Waals surface area contributed by atoms with Gasteiger partial charge in [0, 0.05) is 21.5 Å². The molecule has 2 aromatic rings. The Labute approximate surface area is 110 Å². The minimum Gasteiger partial charge on any atom is -0.323 e. The number of thiazole rings is 1. The minimum atomic E-state index is 0.0449. The predicted octanol–water partition coefficient (Wildman–Crippen LogP) is 4.05. The first-order valence-electron chi connectivity index (χ1n) is 5.63. The van der Waals surface area contributed by atoms with Gasteiger partial charge in [-0.3, -0.25) is 0 Å². The third-order valence-corrected chi connectivity index (χ3v) is 4.17. The molecular weight excluding hydrogens is 252 g/mol. The molecule has 0 saturated carbocycles. The molecule has 0 aliphatic rings. The number of aromatic nitrogens is 1. The predicted molar refractivity (Wildman–Crippen MR) is 74.5 cm³/mol. The molecule has 0 amide bonds. The fraction of sp³-hybridized carbons (Fsp3) is 0.308. The van der Waals surface area contributed by atoms with Crippen molar-refractivity contribution in [1.82, 2.24) is 4.98 Å². The van der Waals surface area contributed by atoms with Crippen LogP contribution in [0.3, 0.4) is 0 Å². The van der Waals surface area contributed by atoms with Gasteiger partial charge < -0.3 is 5.73 Å². The quantitative estimate of drug-likeness (QED) is 0.910. The Morgan fingerprint density at radius 2 is 2.00 bits per heavy atom. The molecule has 0 radical (unpaired) electrons. The molecule has 0 fully saturated rings. The van der Waals surface area contributed by atoms with E-state index in [1.807, 2.05) is 31.2 Å². The number of hydrogen-bond acceptors (Lipinski definition) is 3. The highest BCUT2D eigenvalue weighted by atomic mass is 35.5. The van der Waals surface area contributed by atoms with Crippen LogP contribution in [-0.4, -0.2) is 4.98 Å². The van der Waals surface area contributed by atoms with Crippen LogP contribution in [0, 0.1) is 0 Å². The number of hydrogen-bond donors (Lipinski definition) is 1. The summed E-state index contributed by atoms with van der Waals surface area (Å²) in [6, 6.07) is 7.80. The van der Waals surface area contributed by atoms with Crippen LogP contribution in [0.4, 0.5) is 0 Å². The summed E-state index contributed by atoms with van der Waals surface area (Å²) in [5, 5.41) is 1.76. The number of benzene rings is 1. The van der Waals surface area contributed by atoms with E-state index < -0.39 is 0 Å². The lowest BCUT2D eigenvalue weighted by molar-refractivity contribution is 0.814. The lowest BCUT2D eigenvalue weighted by Gasteiger charge is -2.01. The summed E-state index contributed by atoms with van der Waals surface area (Å²) in [5.41, 5.74) is 8.16. The van der Waals surface area contributed by atoms with Crippen LogP contribution in [-0.2, 0) is 6.42 Å². The van der Waals surface area contributed by atoms with Gasteiger partial charge in [-0.15, -0.1) is 11.3 Å².